The van der Waals surface area contributed by atoms with Crippen LogP contribution in [0.5, 0.6) is 0 Å². The van der Waals surface area contributed by atoms with Gasteiger partial charge in [-0.3, -0.25) is 4.79 Å². The number of hydrogen-bond acceptors (Lipinski definition) is 4. The molecule has 5 heteroatoms. The fraction of sp³-hybridized carbons (Fsp3) is 0.417. The minimum Gasteiger partial charge on any atom is -0.399 e. The van der Waals surface area contributed by atoms with Crippen molar-refractivity contribution in [1.82, 2.24) is 0 Å². The zero-order chi connectivity index (χ0) is 12.3. The van der Waals surface area contributed by atoms with Crippen LogP contribution in [0.2, 0.25) is 0 Å². The van der Waals surface area contributed by atoms with E-state index in [9.17, 15) is 4.79 Å². The second-order valence-electron chi connectivity index (χ2n) is 4.06. The molecule has 0 unspecified atom stereocenters. The molecule has 1 aromatic carbocycles. The van der Waals surface area contributed by atoms with Crippen molar-refractivity contribution < 1.29 is 4.79 Å². The number of carbonyl (C=O) groups excluding carboxylic acids is 1. The van der Waals surface area contributed by atoms with E-state index in [0.717, 1.165) is 30.0 Å². The minimum atomic E-state index is 0.158. The van der Waals surface area contributed by atoms with Crippen LogP contribution >= 0.6 is 11.8 Å². The molecular formula is C12H17N3OS. The van der Waals surface area contributed by atoms with E-state index in [0.29, 0.717) is 18.0 Å². The van der Waals surface area contributed by atoms with Gasteiger partial charge in [-0.25, -0.2) is 0 Å². The molecule has 1 aliphatic heterocycles. The Morgan fingerprint density at radius 1 is 1.35 bits per heavy atom. The molecule has 17 heavy (non-hydrogen) atoms. The molecule has 4 N–H and O–H groups in total. The number of unbranched alkanes of at least 4 members (excludes halogenated alkanes) is 1. The number of nitrogens with two attached hydrogens (primary N) is 2. The van der Waals surface area contributed by atoms with Crippen molar-refractivity contribution in [2.24, 2.45) is 5.73 Å². The van der Waals surface area contributed by atoms with Gasteiger partial charge in [0.05, 0.1) is 11.4 Å². The Hall–Kier alpha value is -1.20. The average Bonchev–Trinajstić information content (AvgIpc) is 2.32. The van der Waals surface area contributed by atoms with Gasteiger partial charge in [0.2, 0.25) is 5.91 Å². The molecule has 4 nitrogen and oxygen atoms in total. The van der Waals surface area contributed by atoms with E-state index < -0.39 is 0 Å². The number of amides is 1. The van der Waals surface area contributed by atoms with Crippen LogP contribution in [0, 0.1) is 0 Å². The molecule has 0 saturated heterocycles. The van der Waals surface area contributed by atoms with Crippen LogP contribution in [-0.2, 0) is 4.79 Å². The van der Waals surface area contributed by atoms with E-state index in [1.54, 1.807) is 11.8 Å². The fourth-order valence-corrected chi connectivity index (χ4v) is 2.79. The smallest absolute Gasteiger partial charge is 0.237 e. The van der Waals surface area contributed by atoms with Crippen LogP contribution in [0.3, 0.4) is 0 Å². The minimum absolute atomic E-state index is 0.158. The predicted molar refractivity (Wildman–Crippen MR) is 72.2 cm³/mol. The lowest BCUT2D eigenvalue weighted by molar-refractivity contribution is -0.116. The zero-order valence-electron chi connectivity index (χ0n) is 9.69. The third kappa shape index (κ3) is 2.73. The summed E-state index contributed by atoms with van der Waals surface area (Å²) in [6, 6.07) is 5.74. The molecular weight excluding hydrogens is 234 g/mol. The third-order valence-corrected chi connectivity index (χ3v) is 3.81. The van der Waals surface area contributed by atoms with Crippen molar-refractivity contribution in [2.45, 2.75) is 17.7 Å². The number of fused-ring (bicyclic) bond motifs is 1. The van der Waals surface area contributed by atoms with Gasteiger partial charge < -0.3 is 16.4 Å². The lowest BCUT2D eigenvalue weighted by Crippen LogP contribution is -2.36. The van der Waals surface area contributed by atoms with Crippen molar-refractivity contribution in [3.8, 4) is 0 Å². The molecule has 0 aliphatic carbocycles. The van der Waals surface area contributed by atoms with E-state index in [2.05, 4.69) is 0 Å². The Bertz CT molecular complexity index is 422. The highest BCUT2D eigenvalue weighted by Crippen LogP contribution is 2.36. The lowest BCUT2D eigenvalue weighted by Gasteiger charge is -2.29. The van der Waals surface area contributed by atoms with Crippen molar-refractivity contribution in [3.63, 3.8) is 0 Å². The van der Waals surface area contributed by atoms with Gasteiger partial charge in [-0.2, -0.15) is 0 Å². The van der Waals surface area contributed by atoms with Gasteiger partial charge in [0, 0.05) is 17.1 Å². The zero-order valence-corrected chi connectivity index (χ0v) is 10.5. The maximum Gasteiger partial charge on any atom is 0.237 e. The van der Waals surface area contributed by atoms with Gasteiger partial charge in [-0.05, 0) is 37.6 Å². The standard InChI is InChI=1S/C12H17N3OS/c13-5-1-2-6-15-10-7-9(14)3-4-11(10)17-8-12(15)16/h3-4,7H,1-2,5-6,8,13-14H2. The van der Waals surface area contributed by atoms with Gasteiger partial charge in [-0.15, -0.1) is 11.8 Å². The number of hydrogen-bond donors (Lipinski definition) is 2. The summed E-state index contributed by atoms with van der Waals surface area (Å²) in [5.74, 6) is 0.671. The molecule has 1 aromatic rings. The van der Waals surface area contributed by atoms with Crippen LogP contribution in [-0.4, -0.2) is 24.7 Å². The molecule has 0 aromatic heterocycles. The molecule has 92 valence electrons. The van der Waals surface area contributed by atoms with Crippen molar-refractivity contribution in [3.05, 3.63) is 18.2 Å². The Kier molecular flexibility index (Phi) is 3.91. The summed E-state index contributed by atoms with van der Waals surface area (Å²) in [6.07, 6.45) is 1.87. The van der Waals surface area contributed by atoms with Crippen molar-refractivity contribution >= 4 is 29.0 Å². The molecule has 0 radical (unpaired) electrons. The number of nitrogen functional groups attached to an aromatic ring is 1. The van der Waals surface area contributed by atoms with E-state index in [1.165, 1.54) is 0 Å². The number of anilines is 2. The van der Waals surface area contributed by atoms with Crippen molar-refractivity contribution in [1.29, 1.82) is 0 Å². The van der Waals surface area contributed by atoms with E-state index in [1.807, 2.05) is 23.1 Å². The molecule has 2 rings (SSSR count). The van der Waals surface area contributed by atoms with Gasteiger partial charge in [0.1, 0.15) is 0 Å². The number of rotatable bonds is 4. The monoisotopic (exact) mass is 251 g/mol. The number of thioether (sulfide) groups is 1. The fourth-order valence-electron chi connectivity index (χ4n) is 1.88. The molecule has 0 fully saturated rings. The van der Waals surface area contributed by atoms with Gasteiger partial charge in [0.25, 0.3) is 0 Å². The second-order valence-corrected chi connectivity index (χ2v) is 5.07. The van der Waals surface area contributed by atoms with E-state index in [4.69, 9.17) is 11.5 Å². The normalized spacial score (nSPS) is 14.9. The third-order valence-electron chi connectivity index (χ3n) is 2.76. The summed E-state index contributed by atoms with van der Waals surface area (Å²) < 4.78 is 0. The van der Waals surface area contributed by atoms with Gasteiger partial charge in [0.15, 0.2) is 0 Å². The molecule has 1 amide bonds. The quantitative estimate of drug-likeness (QED) is 0.627. The van der Waals surface area contributed by atoms with Crippen LogP contribution in [0.15, 0.2) is 23.1 Å². The molecule has 0 atom stereocenters. The number of carbonyl (C=O) groups is 1. The molecule has 0 bridgehead atoms. The van der Waals surface area contributed by atoms with Crippen LogP contribution < -0.4 is 16.4 Å². The Balaban J connectivity index is 2.20. The SMILES string of the molecule is NCCCCN1C(=O)CSc2ccc(N)cc21. The van der Waals surface area contributed by atoms with Crippen LogP contribution in [0.4, 0.5) is 11.4 Å². The summed E-state index contributed by atoms with van der Waals surface area (Å²) in [5, 5.41) is 0. The summed E-state index contributed by atoms with van der Waals surface area (Å²) in [5.41, 5.74) is 12.9. The molecule has 0 saturated carbocycles. The molecule has 1 heterocycles. The molecule has 0 spiro atoms. The molecule has 1 aliphatic rings. The highest BCUT2D eigenvalue weighted by molar-refractivity contribution is 8.00. The summed E-state index contributed by atoms with van der Waals surface area (Å²) in [6.45, 7) is 1.40. The first-order valence-corrected chi connectivity index (χ1v) is 6.73. The van der Waals surface area contributed by atoms with Gasteiger partial charge in [-0.1, -0.05) is 0 Å². The first kappa shape index (κ1) is 12.3. The Labute approximate surface area is 105 Å². The Morgan fingerprint density at radius 2 is 2.18 bits per heavy atom. The van der Waals surface area contributed by atoms with Crippen molar-refractivity contribution in [2.75, 3.05) is 29.5 Å². The van der Waals surface area contributed by atoms with E-state index in [-0.39, 0.29) is 5.91 Å². The highest BCUT2D eigenvalue weighted by Gasteiger charge is 2.24. The topological polar surface area (TPSA) is 72.3 Å². The highest BCUT2D eigenvalue weighted by atomic mass is 32.2. The van der Waals surface area contributed by atoms with Crippen LogP contribution in [0.25, 0.3) is 0 Å². The largest absolute Gasteiger partial charge is 0.399 e. The maximum absolute atomic E-state index is 11.9. The summed E-state index contributed by atoms with van der Waals surface area (Å²) >= 11 is 1.58. The Morgan fingerprint density at radius 3 is 2.94 bits per heavy atom. The number of benzene rings is 1. The second kappa shape index (κ2) is 5.42. The summed E-state index contributed by atoms with van der Waals surface area (Å²) in [4.78, 5) is 14.9. The summed E-state index contributed by atoms with van der Waals surface area (Å²) in [7, 11) is 0. The first-order chi connectivity index (χ1) is 8.22. The van der Waals surface area contributed by atoms with Gasteiger partial charge >= 0.3 is 0 Å². The number of nitrogens with zero attached hydrogens (tertiary/aromatic N) is 1. The predicted octanol–water partition coefficient (Wildman–Crippen LogP) is 1.45. The lowest BCUT2D eigenvalue weighted by atomic mass is 10.2. The van der Waals surface area contributed by atoms with E-state index >= 15 is 0 Å². The first-order valence-electron chi connectivity index (χ1n) is 5.75. The maximum atomic E-state index is 11.9. The van der Waals surface area contributed by atoms with Crippen LogP contribution in [0.1, 0.15) is 12.8 Å². The average molecular weight is 251 g/mol.